The zero-order chi connectivity index (χ0) is 18.7. The smallest absolute Gasteiger partial charge is 0.242 e. The second-order valence-corrected chi connectivity index (χ2v) is 8.52. The fraction of sp³-hybridized carbons (Fsp3) is 0.579. The Balaban J connectivity index is 1.59. The van der Waals surface area contributed by atoms with E-state index in [1.54, 1.807) is 0 Å². The number of rotatable bonds is 4. The highest BCUT2D eigenvalue weighted by atomic mass is 79.9. The molecule has 0 spiro atoms. The van der Waals surface area contributed by atoms with Crippen LogP contribution in [0, 0.1) is 11.8 Å². The van der Waals surface area contributed by atoms with Gasteiger partial charge in [0.25, 0.3) is 0 Å². The Morgan fingerprint density at radius 2 is 1.96 bits per heavy atom. The number of amides is 2. The molecular weight excluding hydrogens is 396 g/mol. The Morgan fingerprint density at radius 1 is 1.23 bits per heavy atom. The summed E-state index contributed by atoms with van der Waals surface area (Å²) in [7, 11) is 0. The number of carbonyl (C=O) groups excluding carboxylic acids is 2. The number of benzene rings is 1. The van der Waals surface area contributed by atoms with Crippen molar-refractivity contribution in [2.45, 2.75) is 43.6 Å². The maximum absolute atomic E-state index is 13.0. The van der Waals surface area contributed by atoms with Crippen LogP contribution in [0.25, 0.3) is 0 Å². The summed E-state index contributed by atoms with van der Waals surface area (Å²) in [6, 6.07) is 9.35. The monoisotopic (exact) mass is 422 g/mol. The van der Waals surface area contributed by atoms with E-state index in [0.717, 1.165) is 18.5 Å². The second-order valence-electron chi connectivity index (χ2n) is 7.46. The normalized spacial score (nSPS) is 29.0. The van der Waals surface area contributed by atoms with Crippen LogP contribution in [0.1, 0.15) is 26.7 Å². The van der Waals surface area contributed by atoms with Gasteiger partial charge in [-0.2, -0.15) is 0 Å². The van der Waals surface area contributed by atoms with Crippen molar-refractivity contribution in [3.8, 4) is 0 Å². The molecule has 0 aliphatic carbocycles. The van der Waals surface area contributed by atoms with E-state index in [-0.39, 0.29) is 34.6 Å². The van der Waals surface area contributed by atoms with E-state index in [9.17, 15) is 9.59 Å². The number of hydrogen-bond donors (Lipinski definition) is 3. The van der Waals surface area contributed by atoms with Crippen LogP contribution < -0.4 is 16.2 Å². The summed E-state index contributed by atoms with van der Waals surface area (Å²) in [5.41, 5.74) is 7.14. The van der Waals surface area contributed by atoms with Gasteiger partial charge < -0.3 is 10.2 Å². The number of alkyl halides is 1. The number of para-hydroxylation sites is 1. The first kappa shape index (κ1) is 19.3. The van der Waals surface area contributed by atoms with Gasteiger partial charge in [0.2, 0.25) is 11.8 Å². The SMILES string of the molecule is CC(C)C1NNC(C(=O)N2CCCC(C(=O)Nc3ccccc3)C2)C1Br. The third-order valence-corrected chi connectivity index (χ3v) is 6.29. The van der Waals surface area contributed by atoms with Gasteiger partial charge in [-0.3, -0.25) is 15.0 Å². The molecule has 0 bridgehead atoms. The molecule has 0 radical (unpaired) electrons. The Labute approximate surface area is 163 Å². The highest BCUT2D eigenvalue weighted by Gasteiger charge is 2.42. The van der Waals surface area contributed by atoms with Crippen molar-refractivity contribution in [2.24, 2.45) is 11.8 Å². The van der Waals surface area contributed by atoms with Gasteiger partial charge in [0.1, 0.15) is 6.04 Å². The minimum atomic E-state index is -0.307. The summed E-state index contributed by atoms with van der Waals surface area (Å²) in [6.07, 6.45) is 1.66. The molecule has 4 atom stereocenters. The second kappa shape index (κ2) is 8.50. The molecule has 2 fully saturated rings. The van der Waals surface area contributed by atoms with Crippen molar-refractivity contribution in [2.75, 3.05) is 18.4 Å². The van der Waals surface area contributed by atoms with Gasteiger partial charge in [-0.1, -0.05) is 48.0 Å². The molecule has 6 nitrogen and oxygen atoms in total. The molecule has 3 rings (SSSR count). The molecule has 4 unspecified atom stereocenters. The van der Waals surface area contributed by atoms with Gasteiger partial charge in [0.05, 0.1) is 10.7 Å². The van der Waals surface area contributed by atoms with Crippen molar-refractivity contribution in [1.29, 1.82) is 0 Å². The molecule has 2 amide bonds. The van der Waals surface area contributed by atoms with Crippen LogP contribution >= 0.6 is 15.9 Å². The largest absolute Gasteiger partial charge is 0.340 e. The lowest BCUT2D eigenvalue weighted by atomic mass is 9.95. The van der Waals surface area contributed by atoms with Crippen molar-refractivity contribution >= 4 is 33.4 Å². The molecule has 7 heteroatoms. The molecule has 142 valence electrons. The fourth-order valence-electron chi connectivity index (χ4n) is 3.64. The van der Waals surface area contributed by atoms with E-state index in [1.807, 2.05) is 35.2 Å². The van der Waals surface area contributed by atoms with E-state index in [1.165, 1.54) is 0 Å². The quantitative estimate of drug-likeness (QED) is 0.649. The molecule has 1 aromatic carbocycles. The van der Waals surface area contributed by atoms with Crippen molar-refractivity contribution < 1.29 is 9.59 Å². The minimum Gasteiger partial charge on any atom is -0.340 e. The van der Waals surface area contributed by atoms with Crippen LogP contribution in [0.15, 0.2) is 30.3 Å². The maximum atomic E-state index is 13.0. The molecule has 2 aliphatic heterocycles. The van der Waals surface area contributed by atoms with Gasteiger partial charge in [-0.25, -0.2) is 5.43 Å². The average Bonchev–Trinajstić information content (AvgIpc) is 3.03. The highest BCUT2D eigenvalue weighted by molar-refractivity contribution is 9.09. The lowest BCUT2D eigenvalue weighted by Gasteiger charge is -2.34. The van der Waals surface area contributed by atoms with Crippen molar-refractivity contribution in [3.63, 3.8) is 0 Å². The zero-order valence-electron chi connectivity index (χ0n) is 15.2. The van der Waals surface area contributed by atoms with Crippen molar-refractivity contribution in [1.82, 2.24) is 15.8 Å². The van der Waals surface area contributed by atoms with Crippen molar-refractivity contribution in [3.05, 3.63) is 30.3 Å². The number of hydrogen-bond acceptors (Lipinski definition) is 4. The summed E-state index contributed by atoms with van der Waals surface area (Å²) in [5.74, 6) is 0.286. The molecule has 3 N–H and O–H groups in total. The molecular formula is C19H27BrN4O2. The van der Waals surface area contributed by atoms with Crippen LogP contribution in [-0.4, -0.2) is 46.7 Å². The Kier molecular flexibility index (Phi) is 6.32. The van der Waals surface area contributed by atoms with E-state index >= 15 is 0 Å². The topological polar surface area (TPSA) is 73.5 Å². The Bertz CT molecular complexity index is 640. The van der Waals surface area contributed by atoms with Gasteiger partial charge >= 0.3 is 0 Å². The first-order valence-electron chi connectivity index (χ1n) is 9.27. The van der Waals surface area contributed by atoms with Gasteiger partial charge in [0, 0.05) is 24.8 Å². The van der Waals surface area contributed by atoms with Crippen LogP contribution in [0.2, 0.25) is 0 Å². The van der Waals surface area contributed by atoms with E-state index in [4.69, 9.17) is 0 Å². The number of nitrogens with zero attached hydrogens (tertiary/aromatic N) is 1. The number of halogens is 1. The first-order valence-corrected chi connectivity index (χ1v) is 10.2. The summed E-state index contributed by atoms with van der Waals surface area (Å²) >= 11 is 3.68. The molecule has 1 aromatic rings. The number of anilines is 1. The first-order chi connectivity index (χ1) is 12.5. The number of likely N-dealkylation sites (tertiary alicyclic amines) is 1. The predicted molar refractivity (Wildman–Crippen MR) is 106 cm³/mol. The zero-order valence-corrected chi connectivity index (χ0v) is 16.8. The Morgan fingerprint density at radius 3 is 2.62 bits per heavy atom. The fourth-order valence-corrected chi connectivity index (χ4v) is 4.74. The molecule has 0 aromatic heterocycles. The average molecular weight is 423 g/mol. The molecule has 0 saturated carbocycles. The van der Waals surface area contributed by atoms with Crippen LogP contribution in [0.3, 0.4) is 0 Å². The molecule has 2 saturated heterocycles. The number of piperidine rings is 1. The predicted octanol–water partition coefficient (Wildman–Crippen LogP) is 2.13. The summed E-state index contributed by atoms with van der Waals surface area (Å²) in [5, 5.41) is 2.96. The number of hydrazine groups is 1. The number of carbonyl (C=O) groups is 2. The third kappa shape index (κ3) is 4.27. The summed E-state index contributed by atoms with van der Waals surface area (Å²) in [4.78, 5) is 27.4. The van der Waals surface area contributed by atoms with Gasteiger partial charge in [0.15, 0.2) is 0 Å². The molecule has 2 heterocycles. The maximum Gasteiger partial charge on any atom is 0.242 e. The lowest BCUT2D eigenvalue weighted by molar-refractivity contribution is -0.136. The van der Waals surface area contributed by atoms with E-state index < -0.39 is 0 Å². The third-order valence-electron chi connectivity index (χ3n) is 5.20. The molecule has 26 heavy (non-hydrogen) atoms. The van der Waals surface area contributed by atoms with Crippen LogP contribution in [0.4, 0.5) is 5.69 Å². The van der Waals surface area contributed by atoms with E-state index in [0.29, 0.717) is 19.0 Å². The lowest BCUT2D eigenvalue weighted by Crippen LogP contribution is -2.52. The van der Waals surface area contributed by atoms with Crippen LogP contribution in [0.5, 0.6) is 0 Å². The van der Waals surface area contributed by atoms with E-state index in [2.05, 4.69) is 45.9 Å². The Hall–Kier alpha value is -1.44. The van der Waals surface area contributed by atoms with Gasteiger partial charge in [-0.05, 0) is 30.9 Å². The van der Waals surface area contributed by atoms with Gasteiger partial charge in [-0.15, -0.1) is 0 Å². The summed E-state index contributed by atoms with van der Waals surface area (Å²) < 4.78 is 0. The standard InChI is InChI=1S/C19H27BrN4O2/c1-12(2)16-15(20)17(23-22-16)19(26)24-10-6-7-13(11-24)18(25)21-14-8-4-3-5-9-14/h3-5,8-9,12-13,15-17,22-23H,6-7,10-11H2,1-2H3,(H,21,25). The minimum absolute atomic E-state index is 0.0124. The highest BCUT2D eigenvalue weighted by Crippen LogP contribution is 2.25. The molecule has 2 aliphatic rings. The van der Waals surface area contributed by atoms with Crippen LogP contribution in [-0.2, 0) is 9.59 Å². The summed E-state index contributed by atoms with van der Waals surface area (Å²) in [6.45, 7) is 5.44. The number of nitrogens with one attached hydrogen (secondary N) is 3.